The molecule has 0 spiro atoms. The second kappa shape index (κ2) is 20.7. The van der Waals surface area contributed by atoms with Crippen LogP contribution < -0.4 is 29.6 Å². The van der Waals surface area contributed by atoms with Crippen LogP contribution in [0.5, 0.6) is 0 Å². The van der Waals surface area contributed by atoms with Crippen LogP contribution in [0.3, 0.4) is 0 Å². The van der Waals surface area contributed by atoms with E-state index in [0.29, 0.717) is 6.61 Å². The van der Waals surface area contributed by atoms with Gasteiger partial charge in [-0.2, -0.15) is 0 Å². The minimum absolute atomic E-state index is 0. The minimum Gasteiger partial charge on any atom is -1.00 e. The molecule has 0 fully saturated rings. The summed E-state index contributed by atoms with van der Waals surface area (Å²) in [5.74, 6) is -0.725. The zero-order chi connectivity index (χ0) is 17.2. The average molecular weight is 350 g/mol. The molecular weight excluding hydrogens is 315 g/mol. The molecule has 0 aromatic heterocycles. The Bertz CT molecular complexity index is 335. The molecule has 24 heavy (non-hydrogen) atoms. The smallest absolute Gasteiger partial charge is 1.00 e. The summed E-state index contributed by atoms with van der Waals surface area (Å²) >= 11 is 0. The number of esters is 2. The fourth-order valence-electron chi connectivity index (χ4n) is 2.14. The first-order chi connectivity index (χ1) is 11.2. The van der Waals surface area contributed by atoms with E-state index in [1.54, 1.807) is 0 Å². The summed E-state index contributed by atoms with van der Waals surface area (Å²) in [5.41, 5.74) is 0. The predicted molar refractivity (Wildman–Crippen MR) is 94.1 cm³/mol. The number of unbranched alkanes of at least 4 members (excludes halogenated alkanes) is 8. The van der Waals surface area contributed by atoms with Gasteiger partial charge in [0.05, 0.1) is 25.7 Å². The van der Waals surface area contributed by atoms with Crippen molar-refractivity contribution < 1.29 is 50.0 Å². The van der Waals surface area contributed by atoms with Gasteiger partial charge in [-0.05, 0) is 25.3 Å². The van der Waals surface area contributed by atoms with Crippen LogP contribution in [-0.2, 0) is 19.1 Å². The first kappa shape index (κ1) is 25.9. The monoisotopic (exact) mass is 350 g/mol. The van der Waals surface area contributed by atoms with Gasteiger partial charge in [-0.3, -0.25) is 9.59 Å². The number of hydrogen-bond acceptors (Lipinski definition) is 4. The van der Waals surface area contributed by atoms with Crippen LogP contribution >= 0.6 is 0 Å². The van der Waals surface area contributed by atoms with Crippen molar-refractivity contribution in [3.63, 3.8) is 0 Å². The summed E-state index contributed by atoms with van der Waals surface area (Å²) in [5, 5.41) is 0. The van der Waals surface area contributed by atoms with E-state index in [9.17, 15) is 9.59 Å². The van der Waals surface area contributed by atoms with Crippen LogP contribution in [0.25, 0.3) is 0 Å². The Balaban J connectivity index is -0.00000242. The van der Waals surface area contributed by atoms with Gasteiger partial charge in [-0.1, -0.05) is 58.8 Å². The van der Waals surface area contributed by atoms with Crippen LogP contribution in [0.1, 0.15) is 92.3 Å². The summed E-state index contributed by atoms with van der Waals surface area (Å²) in [7, 11) is 0. The van der Waals surface area contributed by atoms with Crippen molar-refractivity contribution in [2.24, 2.45) is 0 Å². The molecule has 0 heterocycles. The molecule has 0 amide bonds. The van der Waals surface area contributed by atoms with E-state index in [2.05, 4.69) is 6.92 Å². The second-order valence-corrected chi connectivity index (χ2v) is 5.85. The molecule has 4 nitrogen and oxygen atoms in total. The molecule has 0 bridgehead atoms. The Morgan fingerprint density at radius 1 is 0.833 bits per heavy atom. The Morgan fingerprint density at radius 2 is 1.42 bits per heavy atom. The van der Waals surface area contributed by atoms with Gasteiger partial charge in [0.25, 0.3) is 0 Å². The van der Waals surface area contributed by atoms with Gasteiger partial charge >= 0.3 is 41.5 Å². The van der Waals surface area contributed by atoms with E-state index in [1.165, 1.54) is 51.2 Å². The molecule has 0 unspecified atom stereocenters. The predicted octanol–water partition coefficient (Wildman–Crippen LogP) is 2.42. The van der Waals surface area contributed by atoms with Gasteiger partial charge in [0, 0.05) is 0 Å². The van der Waals surface area contributed by atoms with Crippen molar-refractivity contribution >= 4 is 11.9 Å². The maximum absolute atomic E-state index is 11.4. The molecule has 0 aliphatic rings. The normalized spacial score (nSPS) is 10.4. The van der Waals surface area contributed by atoms with E-state index in [-0.39, 0.29) is 55.8 Å². The van der Waals surface area contributed by atoms with Crippen LogP contribution in [0.2, 0.25) is 0 Å². The van der Waals surface area contributed by atoms with Gasteiger partial charge in [0.1, 0.15) is 0 Å². The summed E-state index contributed by atoms with van der Waals surface area (Å²) in [6.45, 7) is 4.57. The zero-order valence-corrected chi connectivity index (χ0v) is 18.0. The molecule has 5 heteroatoms. The summed E-state index contributed by atoms with van der Waals surface area (Å²) < 4.78 is 9.83. The third-order valence-electron chi connectivity index (χ3n) is 3.52. The molecular formula is C19H35NaO4. The van der Waals surface area contributed by atoms with Gasteiger partial charge in [-0.25, -0.2) is 0 Å². The molecule has 0 saturated carbocycles. The van der Waals surface area contributed by atoms with Gasteiger partial charge in [0.2, 0.25) is 0 Å². The molecule has 0 aromatic rings. The topological polar surface area (TPSA) is 52.6 Å². The van der Waals surface area contributed by atoms with Crippen molar-refractivity contribution in [1.82, 2.24) is 0 Å². The number of allylic oxidation sites excluding steroid dienone is 1. The third-order valence-corrected chi connectivity index (χ3v) is 3.52. The molecule has 0 atom stereocenters. The van der Waals surface area contributed by atoms with E-state index in [1.807, 2.05) is 13.0 Å². The maximum atomic E-state index is 11.4. The first-order valence-corrected chi connectivity index (χ1v) is 9.20. The van der Waals surface area contributed by atoms with Gasteiger partial charge in [0.15, 0.2) is 0 Å². The third kappa shape index (κ3) is 19.7. The zero-order valence-electron chi connectivity index (χ0n) is 17.0. The molecule has 0 radical (unpaired) electrons. The number of carbonyl (C=O) groups is 2. The van der Waals surface area contributed by atoms with E-state index >= 15 is 0 Å². The van der Waals surface area contributed by atoms with Crippen LogP contribution in [0, 0.1) is 0 Å². The van der Waals surface area contributed by atoms with Crippen molar-refractivity contribution in [3.8, 4) is 0 Å². The van der Waals surface area contributed by atoms with Crippen LogP contribution in [0.15, 0.2) is 12.3 Å². The Morgan fingerprint density at radius 3 is 2.04 bits per heavy atom. The fraction of sp³-hybridized carbons (Fsp3) is 0.789. The summed E-state index contributed by atoms with van der Waals surface area (Å²) in [6.07, 6.45) is 15.5. The van der Waals surface area contributed by atoms with Crippen molar-refractivity contribution in [1.29, 1.82) is 0 Å². The SMILES string of the molecule is CCCCCCCCCCC=COC(=O)CCC(=O)OCCC.[H-].[Na+]. The molecule has 0 N–H and O–H groups in total. The fourth-order valence-corrected chi connectivity index (χ4v) is 2.14. The Hall–Kier alpha value is -0.320. The van der Waals surface area contributed by atoms with Crippen molar-refractivity contribution in [2.75, 3.05) is 6.61 Å². The molecule has 0 aromatic carbocycles. The van der Waals surface area contributed by atoms with Crippen molar-refractivity contribution in [2.45, 2.75) is 90.9 Å². The number of hydrogen-bond donors (Lipinski definition) is 0. The number of rotatable bonds is 15. The average Bonchev–Trinajstić information content (AvgIpc) is 2.56. The van der Waals surface area contributed by atoms with Gasteiger partial charge < -0.3 is 10.9 Å². The number of ether oxygens (including phenoxy) is 2. The maximum Gasteiger partial charge on any atom is 1.00 e. The molecule has 0 aliphatic heterocycles. The van der Waals surface area contributed by atoms with E-state index in [0.717, 1.165) is 19.3 Å². The molecule has 0 saturated heterocycles. The summed E-state index contributed by atoms with van der Waals surface area (Å²) in [4.78, 5) is 22.6. The number of carbonyl (C=O) groups excluding carboxylic acids is 2. The van der Waals surface area contributed by atoms with Crippen molar-refractivity contribution in [3.05, 3.63) is 12.3 Å². The van der Waals surface area contributed by atoms with Crippen LogP contribution in [-0.4, -0.2) is 18.5 Å². The Kier molecular flexibility index (Phi) is 22.4. The Labute approximate surface area is 171 Å². The quantitative estimate of drug-likeness (QED) is 0.197. The largest absolute Gasteiger partial charge is 1.00 e. The second-order valence-electron chi connectivity index (χ2n) is 5.85. The molecule has 136 valence electrons. The molecule has 0 rings (SSSR count). The van der Waals surface area contributed by atoms with Crippen LogP contribution in [0.4, 0.5) is 0 Å². The molecule has 0 aliphatic carbocycles. The first-order valence-electron chi connectivity index (χ1n) is 9.20. The van der Waals surface area contributed by atoms with E-state index in [4.69, 9.17) is 9.47 Å². The van der Waals surface area contributed by atoms with Gasteiger partial charge in [-0.15, -0.1) is 0 Å². The standard InChI is InChI=1S/C19H34O4.Na.H/c1-3-5-6-7-8-9-10-11-12-13-17-23-19(21)15-14-18(20)22-16-4-2;;/h13,17H,3-12,14-16H2,1-2H3;;/q;+1;-1. The minimum atomic E-state index is -0.384. The summed E-state index contributed by atoms with van der Waals surface area (Å²) in [6, 6.07) is 0. The van der Waals surface area contributed by atoms with E-state index < -0.39 is 0 Å².